The van der Waals surface area contributed by atoms with Crippen molar-refractivity contribution < 1.29 is 0 Å². The molecule has 0 N–H and O–H groups in total. The molecule has 1 heterocycles. The second-order valence-electron chi connectivity index (χ2n) is 3.16. The van der Waals surface area contributed by atoms with E-state index in [1.54, 1.807) is 0 Å². The standard InChI is InChI=1S/C10H15N/c1-8(2)10-7-5-6-9(3)11(10)4/h5-8H,3H2,1-2,4H3. The Kier molecular flexibility index (Phi) is 2.18. The molecule has 0 radical (unpaired) electrons. The Morgan fingerprint density at radius 1 is 1.45 bits per heavy atom. The number of rotatable bonds is 1. The van der Waals surface area contributed by atoms with Crippen LogP contribution in [0.4, 0.5) is 0 Å². The van der Waals surface area contributed by atoms with Crippen LogP contribution in [0.25, 0.3) is 0 Å². The van der Waals surface area contributed by atoms with Crippen LogP contribution in [0.2, 0.25) is 0 Å². The Balaban J connectivity index is 2.87. The maximum Gasteiger partial charge on any atom is 0.0332 e. The first kappa shape index (κ1) is 8.12. The van der Waals surface area contributed by atoms with E-state index in [-0.39, 0.29) is 0 Å². The maximum atomic E-state index is 3.93. The Bertz CT molecular complexity index is 221. The first-order valence-electron chi connectivity index (χ1n) is 3.94. The molecule has 0 aromatic heterocycles. The first-order chi connectivity index (χ1) is 5.13. The Hall–Kier alpha value is -0.980. The molecule has 11 heavy (non-hydrogen) atoms. The quantitative estimate of drug-likeness (QED) is 0.553. The third kappa shape index (κ3) is 1.53. The van der Waals surface area contributed by atoms with E-state index in [1.165, 1.54) is 5.70 Å². The van der Waals surface area contributed by atoms with E-state index in [9.17, 15) is 0 Å². The monoisotopic (exact) mass is 149 g/mol. The van der Waals surface area contributed by atoms with Crippen LogP contribution >= 0.6 is 0 Å². The smallest absolute Gasteiger partial charge is 0.0332 e. The van der Waals surface area contributed by atoms with Gasteiger partial charge in [-0.15, -0.1) is 0 Å². The van der Waals surface area contributed by atoms with Crippen molar-refractivity contribution in [3.63, 3.8) is 0 Å². The molecule has 1 heteroatoms. The van der Waals surface area contributed by atoms with Gasteiger partial charge in [-0.2, -0.15) is 0 Å². The molecule has 1 nitrogen and oxygen atoms in total. The minimum Gasteiger partial charge on any atom is -0.348 e. The number of hydrogen-bond acceptors (Lipinski definition) is 1. The third-order valence-corrected chi connectivity index (χ3v) is 1.97. The van der Waals surface area contributed by atoms with Gasteiger partial charge in [0.05, 0.1) is 0 Å². The lowest BCUT2D eigenvalue weighted by Crippen LogP contribution is -2.20. The molecule has 0 bridgehead atoms. The molecule has 0 amide bonds. The molecule has 1 rings (SSSR count). The highest BCUT2D eigenvalue weighted by Crippen LogP contribution is 2.21. The van der Waals surface area contributed by atoms with Crippen LogP contribution in [0.5, 0.6) is 0 Å². The lowest BCUT2D eigenvalue weighted by atomic mass is 10.1. The van der Waals surface area contributed by atoms with Crippen molar-refractivity contribution in [1.29, 1.82) is 0 Å². The summed E-state index contributed by atoms with van der Waals surface area (Å²) >= 11 is 0. The lowest BCUT2D eigenvalue weighted by molar-refractivity contribution is 0.463. The largest absolute Gasteiger partial charge is 0.348 e. The van der Waals surface area contributed by atoms with Crippen LogP contribution in [0, 0.1) is 5.92 Å². The highest BCUT2D eigenvalue weighted by molar-refractivity contribution is 5.30. The minimum absolute atomic E-state index is 0.571. The lowest BCUT2D eigenvalue weighted by Gasteiger charge is -2.27. The molecular formula is C10H15N. The predicted octanol–water partition coefficient (Wildman–Crippen LogP) is 2.54. The van der Waals surface area contributed by atoms with Gasteiger partial charge in [0.15, 0.2) is 0 Å². The van der Waals surface area contributed by atoms with Gasteiger partial charge >= 0.3 is 0 Å². The van der Waals surface area contributed by atoms with Crippen molar-refractivity contribution in [3.8, 4) is 0 Å². The molecule has 1 aliphatic rings. The van der Waals surface area contributed by atoms with Crippen LogP contribution in [-0.4, -0.2) is 11.9 Å². The average Bonchev–Trinajstić information content (AvgIpc) is 1.94. The van der Waals surface area contributed by atoms with E-state index in [4.69, 9.17) is 0 Å². The molecule has 0 aromatic rings. The predicted molar refractivity (Wildman–Crippen MR) is 49.0 cm³/mol. The van der Waals surface area contributed by atoms with Gasteiger partial charge in [0.1, 0.15) is 0 Å². The molecule has 1 aliphatic heterocycles. The summed E-state index contributed by atoms with van der Waals surface area (Å²) in [5.74, 6) is 0.571. The van der Waals surface area contributed by atoms with E-state index in [1.807, 2.05) is 6.08 Å². The molecule has 0 aromatic carbocycles. The van der Waals surface area contributed by atoms with E-state index in [0.29, 0.717) is 5.92 Å². The Labute approximate surface area is 68.7 Å². The van der Waals surface area contributed by atoms with Crippen molar-refractivity contribution in [2.45, 2.75) is 13.8 Å². The summed E-state index contributed by atoms with van der Waals surface area (Å²) < 4.78 is 0. The fourth-order valence-corrected chi connectivity index (χ4v) is 1.23. The van der Waals surface area contributed by atoms with Gasteiger partial charge in [0, 0.05) is 18.4 Å². The van der Waals surface area contributed by atoms with Gasteiger partial charge in [-0.25, -0.2) is 0 Å². The second kappa shape index (κ2) is 2.95. The molecule has 0 unspecified atom stereocenters. The van der Waals surface area contributed by atoms with Crippen molar-refractivity contribution in [2.75, 3.05) is 7.05 Å². The van der Waals surface area contributed by atoms with Crippen molar-refractivity contribution in [1.82, 2.24) is 4.90 Å². The fraction of sp³-hybridized carbons (Fsp3) is 0.400. The highest BCUT2D eigenvalue weighted by Gasteiger charge is 2.11. The van der Waals surface area contributed by atoms with Crippen molar-refractivity contribution in [3.05, 3.63) is 36.2 Å². The number of hydrogen-bond donors (Lipinski definition) is 0. The normalized spacial score (nSPS) is 17.6. The maximum absolute atomic E-state index is 3.93. The topological polar surface area (TPSA) is 3.24 Å². The molecule has 60 valence electrons. The van der Waals surface area contributed by atoms with E-state index in [2.05, 4.69) is 44.5 Å². The third-order valence-electron chi connectivity index (χ3n) is 1.97. The van der Waals surface area contributed by atoms with E-state index in [0.717, 1.165) is 5.70 Å². The van der Waals surface area contributed by atoms with Gasteiger partial charge in [0.25, 0.3) is 0 Å². The van der Waals surface area contributed by atoms with Crippen LogP contribution < -0.4 is 0 Å². The van der Waals surface area contributed by atoms with E-state index < -0.39 is 0 Å². The number of nitrogens with zero attached hydrogens (tertiary/aromatic N) is 1. The summed E-state index contributed by atoms with van der Waals surface area (Å²) in [4.78, 5) is 2.13. The zero-order chi connectivity index (χ0) is 8.43. The van der Waals surface area contributed by atoms with Crippen LogP contribution in [0.3, 0.4) is 0 Å². The molecule has 0 fully saturated rings. The molecule has 0 atom stereocenters. The van der Waals surface area contributed by atoms with E-state index >= 15 is 0 Å². The van der Waals surface area contributed by atoms with Gasteiger partial charge in [-0.05, 0) is 18.1 Å². The summed E-state index contributed by atoms with van der Waals surface area (Å²) in [6, 6.07) is 0. The van der Waals surface area contributed by atoms with Crippen molar-refractivity contribution in [2.24, 2.45) is 5.92 Å². The summed E-state index contributed by atoms with van der Waals surface area (Å²) in [7, 11) is 2.05. The van der Waals surface area contributed by atoms with Gasteiger partial charge in [-0.3, -0.25) is 0 Å². The van der Waals surface area contributed by atoms with Gasteiger partial charge in [0.2, 0.25) is 0 Å². The molecule has 0 aliphatic carbocycles. The Morgan fingerprint density at radius 3 is 2.55 bits per heavy atom. The summed E-state index contributed by atoms with van der Waals surface area (Å²) in [6.07, 6.45) is 6.21. The second-order valence-corrected chi connectivity index (χ2v) is 3.16. The fourth-order valence-electron chi connectivity index (χ4n) is 1.23. The van der Waals surface area contributed by atoms with Crippen LogP contribution in [-0.2, 0) is 0 Å². The zero-order valence-corrected chi connectivity index (χ0v) is 7.46. The summed E-state index contributed by atoms with van der Waals surface area (Å²) in [5.41, 5.74) is 2.40. The molecule has 0 saturated heterocycles. The highest BCUT2D eigenvalue weighted by atomic mass is 15.1. The summed E-state index contributed by atoms with van der Waals surface area (Å²) in [6.45, 7) is 8.30. The first-order valence-corrected chi connectivity index (χ1v) is 3.94. The number of allylic oxidation sites excluding steroid dienone is 4. The van der Waals surface area contributed by atoms with Crippen molar-refractivity contribution >= 4 is 0 Å². The molecular weight excluding hydrogens is 134 g/mol. The summed E-state index contributed by atoms with van der Waals surface area (Å²) in [5, 5.41) is 0. The SMILES string of the molecule is C=C1C=CC=C(C(C)C)N1C. The van der Waals surface area contributed by atoms with Crippen LogP contribution in [0.1, 0.15) is 13.8 Å². The van der Waals surface area contributed by atoms with Gasteiger partial charge in [-0.1, -0.05) is 26.5 Å². The Morgan fingerprint density at radius 2 is 2.09 bits per heavy atom. The molecule has 0 saturated carbocycles. The van der Waals surface area contributed by atoms with Crippen LogP contribution in [0.15, 0.2) is 36.2 Å². The number of likely N-dealkylation sites (N-methyl/N-ethyl adjacent to an activating group) is 1. The average molecular weight is 149 g/mol. The molecule has 0 spiro atoms. The van der Waals surface area contributed by atoms with Gasteiger partial charge < -0.3 is 4.90 Å². The zero-order valence-electron chi connectivity index (χ0n) is 7.46. The minimum atomic E-state index is 0.571.